The van der Waals surface area contributed by atoms with Crippen molar-refractivity contribution in [3.8, 4) is 11.5 Å². The molecule has 0 saturated heterocycles. The maximum atomic E-state index is 5.55. The van der Waals surface area contributed by atoms with Crippen molar-refractivity contribution in [3.05, 3.63) is 66.4 Å². The molecule has 0 radical (unpaired) electrons. The highest BCUT2D eigenvalue weighted by Gasteiger charge is 2.01. The molecule has 2 aromatic carbocycles. The van der Waals surface area contributed by atoms with Crippen LogP contribution in [0.25, 0.3) is 0 Å². The average Bonchev–Trinajstić information content (AvgIpc) is 2.54. The van der Waals surface area contributed by atoms with Crippen molar-refractivity contribution in [1.29, 1.82) is 0 Å². The molecule has 0 aliphatic heterocycles. The summed E-state index contributed by atoms with van der Waals surface area (Å²) < 4.78 is 10.7. The summed E-state index contributed by atoms with van der Waals surface area (Å²) in [6.45, 7) is 1.90. The largest absolute Gasteiger partial charge is 0.497 e. The van der Waals surface area contributed by atoms with Gasteiger partial charge in [0.2, 0.25) is 0 Å². The molecule has 21 heavy (non-hydrogen) atoms. The summed E-state index contributed by atoms with van der Waals surface area (Å²) in [4.78, 5) is 0.621. The normalized spacial score (nSPS) is 10.9. The van der Waals surface area contributed by atoms with Gasteiger partial charge in [0, 0.05) is 11.3 Å². The van der Waals surface area contributed by atoms with Crippen molar-refractivity contribution in [2.24, 2.45) is 0 Å². The first kappa shape index (κ1) is 15.1. The topological polar surface area (TPSA) is 30.5 Å². The van der Waals surface area contributed by atoms with E-state index < -0.39 is 0 Å². The minimum atomic E-state index is 0.621. The van der Waals surface area contributed by atoms with E-state index in [1.165, 1.54) is 0 Å². The number of hydrogen-bond donors (Lipinski definition) is 1. The molecule has 2 rings (SSSR count). The Kier molecular flexibility index (Phi) is 5.35. The Balaban J connectivity index is 1.95. The van der Waals surface area contributed by atoms with Gasteiger partial charge in [-0.05, 0) is 43.3 Å². The van der Waals surface area contributed by atoms with Gasteiger partial charge in [-0.25, -0.2) is 0 Å². The van der Waals surface area contributed by atoms with E-state index in [0.29, 0.717) is 4.99 Å². The van der Waals surface area contributed by atoms with Gasteiger partial charge in [-0.2, -0.15) is 0 Å². The molecule has 0 spiro atoms. The highest BCUT2D eigenvalue weighted by atomic mass is 32.1. The van der Waals surface area contributed by atoms with Gasteiger partial charge in [-0.15, -0.1) is 0 Å². The van der Waals surface area contributed by atoms with E-state index >= 15 is 0 Å². The number of benzene rings is 2. The quantitative estimate of drug-likeness (QED) is 0.503. The predicted octanol–water partition coefficient (Wildman–Crippen LogP) is 4.42. The third-order valence-corrected chi connectivity index (χ3v) is 3.25. The molecule has 0 bridgehead atoms. The minimum Gasteiger partial charge on any atom is -0.497 e. The lowest BCUT2D eigenvalue weighted by atomic mass is 10.2. The van der Waals surface area contributed by atoms with Crippen molar-refractivity contribution in [2.45, 2.75) is 6.92 Å². The smallest absolute Gasteiger partial charge is 0.126 e. The number of anilines is 1. The fourth-order valence-corrected chi connectivity index (χ4v) is 1.78. The van der Waals surface area contributed by atoms with Crippen LogP contribution in [0, 0.1) is 0 Å². The van der Waals surface area contributed by atoms with Crippen LogP contribution < -0.4 is 14.8 Å². The van der Waals surface area contributed by atoms with E-state index in [-0.39, 0.29) is 0 Å². The Morgan fingerprint density at radius 3 is 2.29 bits per heavy atom. The standard InChI is InChI=1S/C17H17NO2S/c1-13(12-20-16-6-4-3-5-7-16)17(21)18-14-8-10-15(19-2)11-9-14/h3-12H,1-2H3,(H,18,21)/b13-12+. The minimum absolute atomic E-state index is 0.621. The van der Waals surface area contributed by atoms with Gasteiger partial charge in [0.1, 0.15) is 16.5 Å². The Morgan fingerprint density at radius 1 is 1.00 bits per heavy atom. The van der Waals surface area contributed by atoms with Gasteiger partial charge in [-0.1, -0.05) is 30.4 Å². The monoisotopic (exact) mass is 299 g/mol. The van der Waals surface area contributed by atoms with E-state index in [4.69, 9.17) is 21.7 Å². The second-order valence-corrected chi connectivity index (χ2v) is 4.82. The van der Waals surface area contributed by atoms with Crippen LogP contribution in [0.15, 0.2) is 66.4 Å². The van der Waals surface area contributed by atoms with Gasteiger partial charge in [-0.3, -0.25) is 0 Å². The molecule has 0 atom stereocenters. The van der Waals surface area contributed by atoms with Crippen LogP contribution in [0.4, 0.5) is 5.69 Å². The Bertz CT molecular complexity index is 621. The van der Waals surface area contributed by atoms with Crippen LogP contribution in [-0.4, -0.2) is 12.1 Å². The van der Waals surface area contributed by atoms with Gasteiger partial charge in [0.05, 0.1) is 13.4 Å². The molecule has 108 valence electrons. The van der Waals surface area contributed by atoms with Gasteiger partial charge >= 0.3 is 0 Å². The first-order chi connectivity index (χ1) is 10.2. The van der Waals surface area contributed by atoms with Gasteiger partial charge in [0.25, 0.3) is 0 Å². The maximum Gasteiger partial charge on any atom is 0.126 e. The van der Waals surface area contributed by atoms with E-state index in [1.807, 2.05) is 61.5 Å². The Labute approximate surface area is 130 Å². The molecular weight excluding hydrogens is 282 g/mol. The van der Waals surface area contributed by atoms with Crippen LogP contribution in [0.1, 0.15) is 6.92 Å². The van der Waals surface area contributed by atoms with Crippen molar-refractivity contribution >= 4 is 22.9 Å². The zero-order valence-electron chi connectivity index (χ0n) is 12.0. The lowest BCUT2D eigenvalue weighted by Gasteiger charge is -2.09. The molecule has 0 amide bonds. The van der Waals surface area contributed by atoms with Gasteiger partial charge < -0.3 is 14.8 Å². The zero-order valence-corrected chi connectivity index (χ0v) is 12.8. The maximum absolute atomic E-state index is 5.55. The summed E-state index contributed by atoms with van der Waals surface area (Å²) in [5.74, 6) is 1.59. The first-order valence-electron chi connectivity index (χ1n) is 6.53. The average molecular weight is 299 g/mol. The number of ether oxygens (including phenoxy) is 2. The third kappa shape index (κ3) is 4.61. The summed E-state index contributed by atoms with van der Waals surface area (Å²) in [6, 6.07) is 17.2. The van der Waals surface area contributed by atoms with Crippen molar-refractivity contribution in [2.75, 3.05) is 12.4 Å². The van der Waals surface area contributed by atoms with Crippen LogP contribution >= 0.6 is 12.2 Å². The predicted molar refractivity (Wildman–Crippen MR) is 90.0 cm³/mol. The molecule has 3 nitrogen and oxygen atoms in total. The Hall–Kier alpha value is -2.33. The van der Waals surface area contributed by atoms with Crippen LogP contribution in [0.3, 0.4) is 0 Å². The molecule has 0 saturated carbocycles. The zero-order chi connectivity index (χ0) is 15.1. The number of rotatable bonds is 5. The summed E-state index contributed by atoms with van der Waals surface area (Å²) in [5, 5.41) is 3.16. The summed E-state index contributed by atoms with van der Waals surface area (Å²) in [7, 11) is 1.64. The first-order valence-corrected chi connectivity index (χ1v) is 6.94. The SMILES string of the molecule is COc1ccc(NC(=S)/C(C)=C/Oc2ccccc2)cc1. The lowest BCUT2D eigenvalue weighted by Crippen LogP contribution is -2.10. The number of thiocarbonyl (C=S) groups is 1. The van der Waals surface area contributed by atoms with Crippen LogP contribution in [0.5, 0.6) is 11.5 Å². The molecule has 0 aliphatic rings. The lowest BCUT2D eigenvalue weighted by molar-refractivity contribution is 0.415. The molecule has 0 aliphatic carbocycles. The number of hydrogen-bond acceptors (Lipinski definition) is 3. The molecule has 2 aromatic rings. The van der Waals surface area contributed by atoms with Crippen LogP contribution in [0.2, 0.25) is 0 Å². The van der Waals surface area contributed by atoms with E-state index in [2.05, 4.69) is 5.32 Å². The van der Waals surface area contributed by atoms with E-state index in [1.54, 1.807) is 13.4 Å². The second-order valence-electron chi connectivity index (χ2n) is 4.41. The molecular formula is C17H17NO2S. The molecule has 0 heterocycles. The summed E-state index contributed by atoms with van der Waals surface area (Å²) in [5.41, 5.74) is 1.76. The van der Waals surface area contributed by atoms with Gasteiger partial charge in [0.15, 0.2) is 0 Å². The third-order valence-electron chi connectivity index (χ3n) is 2.82. The Morgan fingerprint density at radius 2 is 1.67 bits per heavy atom. The highest BCUT2D eigenvalue weighted by molar-refractivity contribution is 7.81. The highest BCUT2D eigenvalue weighted by Crippen LogP contribution is 2.16. The molecule has 4 heteroatoms. The second kappa shape index (κ2) is 7.45. The molecule has 0 unspecified atom stereocenters. The van der Waals surface area contributed by atoms with Crippen molar-refractivity contribution in [3.63, 3.8) is 0 Å². The van der Waals surface area contributed by atoms with Crippen LogP contribution in [-0.2, 0) is 0 Å². The van der Waals surface area contributed by atoms with E-state index in [9.17, 15) is 0 Å². The molecule has 0 fully saturated rings. The fourth-order valence-electron chi connectivity index (χ4n) is 1.61. The van der Waals surface area contributed by atoms with Crippen molar-refractivity contribution in [1.82, 2.24) is 0 Å². The van der Waals surface area contributed by atoms with E-state index in [0.717, 1.165) is 22.8 Å². The number of para-hydroxylation sites is 1. The number of nitrogens with one attached hydrogen (secondary N) is 1. The van der Waals surface area contributed by atoms with Crippen molar-refractivity contribution < 1.29 is 9.47 Å². The fraction of sp³-hybridized carbons (Fsp3) is 0.118. The summed E-state index contributed by atoms with van der Waals surface area (Å²) >= 11 is 5.34. The summed E-state index contributed by atoms with van der Waals surface area (Å²) in [6.07, 6.45) is 1.65. The number of methoxy groups -OCH3 is 1. The molecule has 1 N–H and O–H groups in total. The molecule has 0 aromatic heterocycles.